The number of aromatic nitrogens is 1. The number of fused-ring (bicyclic) bond motifs is 2. The first-order valence-electron chi connectivity index (χ1n) is 13.6. The van der Waals surface area contributed by atoms with E-state index in [0.29, 0.717) is 0 Å². The maximum Gasteiger partial charge on any atom is 0.409 e. The van der Waals surface area contributed by atoms with Gasteiger partial charge >= 0.3 is 6.85 Å². The van der Waals surface area contributed by atoms with Gasteiger partial charge in [0.1, 0.15) is 5.52 Å². The molecule has 3 aromatic rings. The SMILES string of the molecule is [2H]C([2H])(c1cc(N2C=C(C(C)(C)C)c3ccccc3B2C)[n+](C)c2ccccc12)C1CCCCC1. The molecule has 1 aliphatic carbocycles. The third kappa shape index (κ3) is 4.11. The van der Waals surface area contributed by atoms with Crippen LogP contribution in [0.2, 0.25) is 6.82 Å². The summed E-state index contributed by atoms with van der Waals surface area (Å²) < 4.78 is 21.0. The first-order chi connectivity index (χ1) is 16.6. The van der Waals surface area contributed by atoms with Crippen LogP contribution >= 0.6 is 0 Å². The van der Waals surface area contributed by atoms with Gasteiger partial charge in [0.2, 0.25) is 0 Å². The van der Waals surface area contributed by atoms with Gasteiger partial charge in [0.05, 0.1) is 13.2 Å². The van der Waals surface area contributed by atoms with Crippen molar-refractivity contribution in [1.82, 2.24) is 0 Å². The van der Waals surface area contributed by atoms with Gasteiger partial charge in [-0.05, 0) is 47.2 Å². The van der Waals surface area contributed by atoms with Crippen LogP contribution in [-0.4, -0.2) is 6.85 Å². The highest BCUT2D eigenvalue weighted by molar-refractivity contribution is 6.77. The van der Waals surface area contributed by atoms with E-state index in [1.165, 1.54) is 23.0 Å². The topological polar surface area (TPSA) is 7.12 Å². The van der Waals surface area contributed by atoms with E-state index in [1.54, 1.807) is 0 Å². The van der Waals surface area contributed by atoms with Crippen molar-refractivity contribution in [2.24, 2.45) is 18.4 Å². The summed E-state index contributed by atoms with van der Waals surface area (Å²) in [6.45, 7) is 9.24. The molecule has 2 nitrogen and oxygen atoms in total. The third-order valence-corrected chi connectivity index (χ3v) is 7.60. The molecule has 2 aliphatic rings. The summed E-state index contributed by atoms with van der Waals surface area (Å²) in [5, 5.41) is 1.03. The predicted molar refractivity (Wildman–Crippen MR) is 143 cm³/mol. The summed E-state index contributed by atoms with van der Waals surface area (Å²) in [5.41, 5.74) is 5.87. The Morgan fingerprint density at radius 1 is 1.03 bits per heavy atom. The molecular weight excluding hydrogens is 399 g/mol. The lowest BCUT2D eigenvalue weighted by atomic mass is 9.52. The molecule has 0 amide bonds. The summed E-state index contributed by atoms with van der Waals surface area (Å²) in [4.78, 5) is 2.37. The van der Waals surface area contributed by atoms with Crippen LogP contribution in [0.3, 0.4) is 0 Å². The number of para-hydroxylation sites is 1. The zero-order chi connectivity index (χ0) is 25.0. The van der Waals surface area contributed by atoms with Crippen molar-refractivity contribution in [2.45, 2.75) is 66.1 Å². The van der Waals surface area contributed by atoms with Crippen molar-refractivity contribution in [3.05, 3.63) is 71.9 Å². The Morgan fingerprint density at radius 3 is 2.48 bits per heavy atom. The number of benzene rings is 2. The van der Waals surface area contributed by atoms with Crippen molar-refractivity contribution < 1.29 is 7.31 Å². The van der Waals surface area contributed by atoms with Crippen LogP contribution in [0, 0.1) is 11.3 Å². The van der Waals surface area contributed by atoms with E-state index in [4.69, 9.17) is 0 Å². The van der Waals surface area contributed by atoms with Gasteiger partial charge < -0.3 is 0 Å². The van der Waals surface area contributed by atoms with Crippen LogP contribution in [0.25, 0.3) is 16.5 Å². The molecule has 33 heavy (non-hydrogen) atoms. The molecule has 0 saturated heterocycles. The fourth-order valence-corrected chi connectivity index (χ4v) is 5.69. The molecule has 2 aromatic carbocycles. The number of hydrogen-bond donors (Lipinski definition) is 0. The van der Waals surface area contributed by atoms with Gasteiger partial charge in [-0.3, -0.25) is 4.81 Å². The first kappa shape index (κ1) is 19.9. The summed E-state index contributed by atoms with van der Waals surface area (Å²) >= 11 is 0. The van der Waals surface area contributed by atoms with Crippen molar-refractivity contribution in [1.29, 1.82) is 0 Å². The Bertz CT molecular complexity index is 1290. The third-order valence-electron chi connectivity index (χ3n) is 7.60. The van der Waals surface area contributed by atoms with Gasteiger partial charge in [0.15, 0.2) is 0 Å². The smallest absolute Gasteiger partial charge is 0.293 e. The fourth-order valence-electron chi connectivity index (χ4n) is 5.69. The highest BCUT2D eigenvalue weighted by Gasteiger charge is 2.39. The number of aryl methyl sites for hydroxylation is 1. The van der Waals surface area contributed by atoms with Crippen LogP contribution in [0.1, 0.15) is 66.7 Å². The largest absolute Gasteiger partial charge is 0.409 e. The quantitative estimate of drug-likeness (QED) is 0.333. The number of allylic oxidation sites excluding steroid dienone is 1. The minimum absolute atomic E-state index is 0.0105. The van der Waals surface area contributed by atoms with Crippen molar-refractivity contribution >= 4 is 34.6 Å². The van der Waals surface area contributed by atoms with E-state index in [2.05, 4.69) is 98.8 Å². The van der Waals surface area contributed by atoms with E-state index in [-0.39, 0.29) is 18.2 Å². The molecule has 1 aliphatic heterocycles. The van der Waals surface area contributed by atoms with Gasteiger partial charge in [-0.15, -0.1) is 0 Å². The summed E-state index contributed by atoms with van der Waals surface area (Å²) in [5.74, 6) is 1.11. The zero-order valence-corrected chi connectivity index (χ0v) is 20.9. The van der Waals surface area contributed by atoms with Crippen molar-refractivity contribution in [3.63, 3.8) is 0 Å². The predicted octanol–water partition coefficient (Wildman–Crippen LogP) is 6.52. The molecule has 1 saturated carbocycles. The van der Waals surface area contributed by atoms with Gasteiger partial charge in [-0.25, -0.2) is 4.57 Å². The first-order valence-corrected chi connectivity index (χ1v) is 12.6. The maximum atomic E-state index is 9.35. The van der Waals surface area contributed by atoms with Gasteiger partial charge in [-0.2, -0.15) is 0 Å². The van der Waals surface area contributed by atoms with Crippen molar-refractivity contribution in [2.75, 3.05) is 4.81 Å². The molecule has 170 valence electrons. The molecule has 0 radical (unpaired) electrons. The molecule has 0 N–H and O–H groups in total. The monoisotopic (exact) mass is 439 g/mol. The van der Waals surface area contributed by atoms with E-state index in [9.17, 15) is 2.74 Å². The molecule has 2 heterocycles. The number of pyridine rings is 1. The standard InChI is InChI=1S/C30H38BN2/c1-30(2,3)26-21-33(31(4)27-17-11-9-16-25(26)27)29-20-23(19-22-13-7-6-8-14-22)24-15-10-12-18-28(24)32(29)5/h9-12,15-18,20-22H,6-8,13-14,19H2,1-5H3/q+1/i19D2. The lowest BCUT2D eigenvalue weighted by Crippen LogP contribution is -2.52. The summed E-state index contributed by atoms with van der Waals surface area (Å²) in [6, 6.07) is 19.2. The minimum Gasteiger partial charge on any atom is -0.293 e. The lowest BCUT2D eigenvalue weighted by molar-refractivity contribution is -0.631. The molecule has 0 unspecified atom stereocenters. The Labute approximate surface area is 203 Å². The zero-order valence-electron chi connectivity index (χ0n) is 22.9. The van der Waals surface area contributed by atoms with Crippen LogP contribution in [0.15, 0.2) is 60.8 Å². The van der Waals surface area contributed by atoms with E-state index in [1.807, 2.05) is 6.07 Å². The van der Waals surface area contributed by atoms with Crippen LogP contribution in [-0.2, 0) is 13.4 Å². The molecule has 0 spiro atoms. The average molecular weight is 439 g/mol. The molecule has 5 rings (SSSR count). The molecule has 1 fully saturated rings. The molecular formula is C30H38BN2+. The normalized spacial score (nSPS) is 18.6. The second kappa shape index (κ2) is 8.67. The Morgan fingerprint density at radius 2 is 1.73 bits per heavy atom. The summed E-state index contributed by atoms with van der Waals surface area (Å²) in [6.07, 6.45) is 6.39. The van der Waals surface area contributed by atoms with Crippen LogP contribution in [0.5, 0.6) is 0 Å². The molecule has 1 aromatic heterocycles. The fraction of sp³-hybridized carbons (Fsp3) is 0.433. The highest BCUT2D eigenvalue weighted by atomic mass is 15.2. The number of nitrogens with zero attached hydrogens (tertiary/aromatic N) is 2. The highest BCUT2D eigenvalue weighted by Crippen LogP contribution is 2.38. The second-order valence-electron chi connectivity index (χ2n) is 10.9. The average Bonchev–Trinajstić information content (AvgIpc) is 2.85. The van der Waals surface area contributed by atoms with E-state index >= 15 is 0 Å². The lowest BCUT2D eigenvalue weighted by Gasteiger charge is -2.33. The molecule has 0 atom stereocenters. The molecule has 3 heteroatoms. The Balaban J connectivity index is 1.74. The van der Waals surface area contributed by atoms with Crippen LogP contribution < -0.4 is 14.8 Å². The Hall–Kier alpha value is -2.55. The maximum absolute atomic E-state index is 9.35. The van der Waals surface area contributed by atoms with Gasteiger partial charge in [0, 0.05) is 19.8 Å². The number of hydrogen-bond acceptors (Lipinski definition) is 1. The molecule has 0 bridgehead atoms. The van der Waals surface area contributed by atoms with E-state index in [0.717, 1.165) is 48.0 Å². The van der Waals surface area contributed by atoms with E-state index < -0.39 is 6.37 Å². The summed E-state index contributed by atoms with van der Waals surface area (Å²) in [7, 11) is 2.12. The van der Waals surface area contributed by atoms with Crippen molar-refractivity contribution in [3.8, 4) is 0 Å². The van der Waals surface area contributed by atoms with Crippen LogP contribution in [0.4, 0.5) is 5.82 Å². The van der Waals surface area contributed by atoms with Gasteiger partial charge in [0.25, 0.3) is 5.82 Å². The minimum atomic E-state index is -1.36. The Kier molecular flexibility index (Phi) is 5.22. The number of anilines is 1. The number of rotatable bonds is 3. The second-order valence-corrected chi connectivity index (χ2v) is 10.9. The van der Waals surface area contributed by atoms with Gasteiger partial charge in [-0.1, -0.05) is 95.3 Å².